The van der Waals surface area contributed by atoms with Gasteiger partial charge in [-0.15, -0.1) is 0 Å². The van der Waals surface area contributed by atoms with E-state index in [1.54, 1.807) is 23.7 Å². The number of likely N-dealkylation sites (tertiary alicyclic amines) is 1. The van der Waals surface area contributed by atoms with Crippen molar-refractivity contribution >= 4 is 28.2 Å². The van der Waals surface area contributed by atoms with Gasteiger partial charge in [0.1, 0.15) is 11.3 Å². The Labute approximate surface area is 179 Å². The van der Waals surface area contributed by atoms with Crippen LogP contribution >= 0.6 is 0 Å². The Morgan fingerprint density at radius 2 is 1.97 bits per heavy atom. The fraction of sp³-hybridized carbons (Fsp3) is 0.333. The molecule has 31 heavy (non-hydrogen) atoms. The molecule has 1 saturated heterocycles. The average molecular weight is 420 g/mol. The molecule has 4 heterocycles. The first-order valence-corrected chi connectivity index (χ1v) is 10.6. The largest absolute Gasteiger partial charge is 0.461 e. The van der Waals surface area contributed by atoms with E-state index in [0.29, 0.717) is 28.4 Å². The Hall–Kier alpha value is -3.19. The third kappa shape index (κ3) is 3.59. The SMILES string of the molecule is Cc1cn2cc(NC(=O)c3ccc(C4CCN(C)CC4)c4cc(C)oc34)cc(F)c2n1. The van der Waals surface area contributed by atoms with Crippen molar-refractivity contribution in [1.29, 1.82) is 0 Å². The number of anilines is 1. The molecule has 0 radical (unpaired) electrons. The fourth-order valence-corrected chi connectivity index (χ4v) is 4.57. The Morgan fingerprint density at radius 3 is 2.74 bits per heavy atom. The Kier molecular flexibility index (Phi) is 4.78. The summed E-state index contributed by atoms with van der Waals surface area (Å²) in [4.78, 5) is 19.6. The molecule has 1 aliphatic rings. The summed E-state index contributed by atoms with van der Waals surface area (Å²) in [6, 6.07) is 7.17. The summed E-state index contributed by atoms with van der Waals surface area (Å²) in [6.45, 7) is 5.82. The molecule has 1 fully saturated rings. The van der Waals surface area contributed by atoms with Crippen molar-refractivity contribution in [2.45, 2.75) is 32.6 Å². The molecule has 5 rings (SSSR count). The quantitative estimate of drug-likeness (QED) is 0.512. The molecule has 6 nitrogen and oxygen atoms in total. The lowest BCUT2D eigenvalue weighted by molar-refractivity contribution is 0.102. The fourth-order valence-electron chi connectivity index (χ4n) is 4.57. The number of amides is 1. The lowest BCUT2D eigenvalue weighted by atomic mass is 9.87. The maximum absolute atomic E-state index is 14.4. The second-order valence-electron chi connectivity index (χ2n) is 8.52. The van der Waals surface area contributed by atoms with Crippen LogP contribution in [0.4, 0.5) is 10.1 Å². The molecule has 1 amide bonds. The second kappa shape index (κ2) is 7.50. The lowest BCUT2D eigenvalue weighted by Gasteiger charge is -2.29. The van der Waals surface area contributed by atoms with Crippen LogP contribution in [0.2, 0.25) is 0 Å². The van der Waals surface area contributed by atoms with E-state index in [2.05, 4.69) is 22.2 Å². The average Bonchev–Trinajstić information content (AvgIpc) is 3.29. The minimum Gasteiger partial charge on any atom is -0.461 e. The number of furan rings is 1. The predicted molar refractivity (Wildman–Crippen MR) is 118 cm³/mol. The molecule has 1 aliphatic heterocycles. The zero-order valence-corrected chi connectivity index (χ0v) is 17.9. The van der Waals surface area contributed by atoms with Crippen LogP contribution < -0.4 is 5.32 Å². The number of aromatic nitrogens is 2. The molecule has 1 aromatic carbocycles. The summed E-state index contributed by atoms with van der Waals surface area (Å²) in [5, 5.41) is 3.80. The predicted octanol–water partition coefficient (Wildman–Crippen LogP) is 4.90. The highest BCUT2D eigenvalue weighted by Gasteiger charge is 2.24. The number of benzene rings is 1. The third-order valence-electron chi connectivity index (χ3n) is 6.13. The van der Waals surface area contributed by atoms with Crippen LogP contribution in [0.1, 0.15) is 46.1 Å². The van der Waals surface area contributed by atoms with Gasteiger partial charge in [0.25, 0.3) is 5.91 Å². The number of pyridine rings is 1. The number of fused-ring (bicyclic) bond motifs is 2. The van der Waals surface area contributed by atoms with Gasteiger partial charge in [-0.3, -0.25) is 4.79 Å². The molecule has 0 unspecified atom stereocenters. The van der Waals surface area contributed by atoms with Gasteiger partial charge in [0.2, 0.25) is 0 Å². The molecule has 1 N–H and O–H groups in total. The number of hydrogen-bond donors (Lipinski definition) is 1. The maximum atomic E-state index is 14.4. The Morgan fingerprint density at radius 1 is 1.19 bits per heavy atom. The normalized spacial score (nSPS) is 15.7. The molecular formula is C24H25FN4O2. The van der Waals surface area contributed by atoms with E-state index < -0.39 is 5.82 Å². The Bertz CT molecular complexity index is 1300. The molecule has 4 aromatic rings. The summed E-state index contributed by atoms with van der Waals surface area (Å²) in [6.07, 6.45) is 5.56. The molecule has 160 valence electrons. The number of piperidine rings is 1. The van der Waals surface area contributed by atoms with Crippen molar-refractivity contribution in [3.63, 3.8) is 0 Å². The van der Waals surface area contributed by atoms with Crippen LogP contribution in [0.3, 0.4) is 0 Å². The number of halogens is 1. The summed E-state index contributed by atoms with van der Waals surface area (Å²) in [5.41, 5.74) is 3.58. The first-order chi connectivity index (χ1) is 14.9. The van der Waals surface area contributed by atoms with E-state index in [0.717, 1.165) is 37.1 Å². The number of carbonyl (C=O) groups is 1. The molecule has 0 bridgehead atoms. The monoisotopic (exact) mass is 420 g/mol. The number of hydrogen-bond acceptors (Lipinski definition) is 4. The van der Waals surface area contributed by atoms with Crippen LogP contribution in [0, 0.1) is 19.7 Å². The smallest absolute Gasteiger partial charge is 0.259 e. The van der Waals surface area contributed by atoms with Gasteiger partial charge >= 0.3 is 0 Å². The molecule has 7 heteroatoms. The first-order valence-electron chi connectivity index (χ1n) is 10.6. The van der Waals surface area contributed by atoms with Crippen LogP contribution in [0.25, 0.3) is 16.6 Å². The number of nitrogens with zero attached hydrogens (tertiary/aromatic N) is 3. The number of aryl methyl sites for hydroxylation is 2. The number of carbonyl (C=O) groups excluding carboxylic acids is 1. The molecule has 0 saturated carbocycles. The van der Waals surface area contributed by atoms with Crippen molar-refractivity contribution in [3.8, 4) is 0 Å². The van der Waals surface area contributed by atoms with Gasteiger partial charge in [-0.2, -0.15) is 0 Å². The second-order valence-corrected chi connectivity index (χ2v) is 8.52. The highest BCUT2D eigenvalue weighted by molar-refractivity contribution is 6.12. The number of nitrogens with one attached hydrogen (secondary N) is 1. The lowest BCUT2D eigenvalue weighted by Crippen LogP contribution is -2.29. The Balaban J connectivity index is 1.49. The summed E-state index contributed by atoms with van der Waals surface area (Å²) in [5.74, 6) is 0.409. The van der Waals surface area contributed by atoms with Crippen LogP contribution in [-0.4, -0.2) is 40.3 Å². The zero-order valence-electron chi connectivity index (χ0n) is 17.9. The minimum absolute atomic E-state index is 0.238. The van der Waals surface area contributed by atoms with Gasteiger partial charge in [0.05, 0.1) is 16.9 Å². The maximum Gasteiger partial charge on any atom is 0.259 e. The van der Waals surface area contributed by atoms with Crippen molar-refractivity contribution in [1.82, 2.24) is 14.3 Å². The van der Waals surface area contributed by atoms with E-state index >= 15 is 0 Å². The summed E-state index contributed by atoms with van der Waals surface area (Å²) in [7, 11) is 2.15. The van der Waals surface area contributed by atoms with E-state index in [1.807, 2.05) is 25.1 Å². The highest BCUT2D eigenvalue weighted by atomic mass is 19.1. The van der Waals surface area contributed by atoms with Gasteiger partial charge in [-0.1, -0.05) is 6.07 Å². The first kappa shape index (κ1) is 19.8. The number of rotatable bonds is 3. The van der Waals surface area contributed by atoms with Gasteiger partial charge in [-0.25, -0.2) is 9.37 Å². The molecular weight excluding hydrogens is 395 g/mol. The van der Waals surface area contributed by atoms with E-state index in [4.69, 9.17) is 4.42 Å². The van der Waals surface area contributed by atoms with Gasteiger partial charge < -0.3 is 19.0 Å². The van der Waals surface area contributed by atoms with Crippen LogP contribution in [0.15, 0.2) is 41.1 Å². The minimum atomic E-state index is -0.484. The summed E-state index contributed by atoms with van der Waals surface area (Å²) < 4.78 is 21.9. The van der Waals surface area contributed by atoms with Gasteiger partial charge in [-0.05, 0) is 70.4 Å². The van der Waals surface area contributed by atoms with Crippen LogP contribution in [-0.2, 0) is 0 Å². The topological polar surface area (TPSA) is 62.8 Å². The van der Waals surface area contributed by atoms with Crippen molar-refractivity contribution in [3.05, 3.63) is 65.1 Å². The van der Waals surface area contributed by atoms with E-state index in [-0.39, 0.29) is 11.6 Å². The van der Waals surface area contributed by atoms with Gasteiger partial charge in [0, 0.05) is 23.8 Å². The molecule has 0 atom stereocenters. The van der Waals surface area contributed by atoms with Crippen molar-refractivity contribution in [2.75, 3.05) is 25.5 Å². The number of imidazole rings is 1. The molecule has 3 aromatic heterocycles. The van der Waals surface area contributed by atoms with Crippen molar-refractivity contribution < 1.29 is 13.6 Å². The van der Waals surface area contributed by atoms with Crippen molar-refractivity contribution in [2.24, 2.45) is 0 Å². The third-order valence-corrected chi connectivity index (χ3v) is 6.13. The standard InChI is InChI=1S/C24H25FN4O2/c1-14-12-29-13-17(11-21(25)23(29)26-14)27-24(30)19-5-4-18(16-6-8-28(3)9-7-16)20-10-15(2)31-22(19)20/h4-5,10-13,16H,6-9H2,1-3H3,(H,27,30). The molecule has 0 spiro atoms. The van der Waals surface area contributed by atoms with E-state index in [9.17, 15) is 9.18 Å². The molecule has 0 aliphatic carbocycles. The zero-order chi connectivity index (χ0) is 21.7. The van der Waals surface area contributed by atoms with Gasteiger partial charge in [0.15, 0.2) is 11.5 Å². The van der Waals surface area contributed by atoms with Crippen LogP contribution in [0.5, 0.6) is 0 Å². The highest BCUT2D eigenvalue weighted by Crippen LogP contribution is 2.36. The summed E-state index contributed by atoms with van der Waals surface area (Å²) >= 11 is 0. The van der Waals surface area contributed by atoms with E-state index in [1.165, 1.54) is 11.6 Å².